The lowest BCUT2D eigenvalue weighted by Gasteiger charge is -2.38. The molecule has 3 aromatic rings. The number of amides is 1. The van der Waals surface area contributed by atoms with E-state index in [2.05, 4.69) is 94.7 Å². The molecule has 1 spiro atoms. The lowest BCUT2D eigenvalue weighted by atomic mass is 9.77. The van der Waals surface area contributed by atoms with Crippen LogP contribution in [0, 0.1) is 5.41 Å². The van der Waals surface area contributed by atoms with Crippen molar-refractivity contribution in [2.75, 3.05) is 32.7 Å². The average Bonchev–Trinajstić information content (AvgIpc) is 3.22. The normalized spacial score (nSPS) is 17.7. The van der Waals surface area contributed by atoms with E-state index in [9.17, 15) is 4.79 Å². The lowest BCUT2D eigenvalue weighted by molar-refractivity contribution is -0.137. The van der Waals surface area contributed by atoms with Crippen LogP contribution in [0.5, 0.6) is 0 Å². The predicted octanol–water partition coefficient (Wildman–Crippen LogP) is 6.66. The monoisotopic (exact) mass is 500 g/mol. The second-order valence-corrected chi connectivity index (χ2v) is 10.1. The Bertz CT molecular complexity index is 1070. The maximum absolute atomic E-state index is 13.3. The third-order valence-corrected chi connectivity index (χ3v) is 7.99. The maximum atomic E-state index is 13.3. The zero-order chi connectivity index (χ0) is 23.9. The van der Waals surface area contributed by atoms with E-state index in [4.69, 9.17) is 0 Å². The Labute approximate surface area is 222 Å². The van der Waals surface area contributed by atoms with Crippen molar-refractivity contribution in [3.8, 4) is 0 Å². The van der Waals surface area contributed by atoms with Crippen molar-refractivity contribution >= 4 is 24.4 Å². The van der Waals surface area contributed by atoms with Gasteiger partial charge in [0.25, 0.3) is 0 Å². The van der Waals surface area contributed by atoms with Gasteiger partial charge in [0.15, 0.2) is 0 Å². The molecule has 2 aliphatic rings. The number of carbonyl (C=O) groups excluding carboxylic acids is 1. The molecule has 3 nitrogen and oxygen atoms in total. The van der Waals surface area contributed by atoms with Crippen LogP contribution in [-0.4, -0.2) is 48.4 Å². The second-order valence-electron chi connectivity index (χ2n) is 10.1. The number of likely N-dealkylation sites (tertiary alicyclic amines) is 2. The predicted molar refractivity (Wildman–Crippen MR) is 151 cm³/mol. The van der Waals surface area contributed by atoms with Crippen LogP contribution in [0.3, 0.4) is 0 Å². The minimum Gasteiger partial charge on any atom is -0.338 e. The summed E-state index contributed by atoms with van der Waals surface area (Å²) in [6.45, 7) is 4.73. The summed E-state index contributed by atoms with van der Waals surface area (Å²) in [5.41, 5.74) is 3.83. The molecular weight excluding hydrogens is 464 g/mol. The van der Waals surface area contributed by atoms with Gasteiger partial charge in [-0.05, 0) is 62.0 Å². The van der Waals surface area contributed by atoms with Crippen LogP contribution in [0.15, 0.2) is 97.1 Å². The number of nitrogens with zero attached hydrogens (tertiary/aromatic N) is 2. The molecule has 0 saturated carbocycles. The highest BCUT2D eigenvalue weighted by Gasteiger charge is 2.47. The molecule has 0 radical (unpaired) electrons. The van der Waals surface area contributed by atoms with Gasteiger partial charge in [-0.2, -0.15) is 0 Å². The summed E-state index contributed by atoms with van der Waals surface area (Å²) in [6.07, 6.45) is 8.35. The van der Waals surface area contributed by atoms with Gasteiger partial charge in [0.1, 0.15) is 0 Å². The van der Waals surface area contributed by atoms with Gasteiger partial charge in [0.05, 0.1) is 5.41 Å². The molecule has 0 N–H and O–H groups in total. The van der Waals surface area contributed by atoms with Gasteiger partial charge in [-0.25, -0.2) is 0 Å². The number of hydrogen-bond donors (Lipinski definition) is 0. The minimum absolute atomic E-state index is 0. The van der Waals surface area contributed by atoms with Crippen LogP contribution in [-0.2, 0) is 4.79 Å². The third kappa shape index (κ3) is 6.08. The van der Waals surface area contributed by atoms with Crippen molar-refractivity contribution in [3.63, 3.8) is 0 Å². The highest BCUT2D eigenvalue weighted by atomic mass is 35.5. The molecule has 0 unspecified atom stereocenters. The van der Waals surface area contributed by atoms with Crippen LogP contribution < -0.4 is 0 Å². The Balaban J connectivity index is 0.00000304. The molecule has 0 aliphatic carbocycles. The molecule has 1 amide bonds. The first-order chi connectivity index (χ1) is 17.2. The van der Waals surface area contributed by atoms with E-state index in [1.165, 1.54) is 16.7 Å². The SMILES string of the molecule is Cl.O=C1N(C/C=C/c2ccccc2)CCC12CCN(CCC(c1ccccc1)c1ccccc1)CC2. The molecule has 0 atom stereocenters. The molecular formula is C32H37ClN2O. The van der Waals surface area contributed by atoms with E-state index >= 15 is 0 Å². The number of benzene rings is 3. The molecule has 188 valence electrons. The van der Waals surface area contributed by atoms with E-state index < -0.39 is 0 Å². The van der Waals surface area contributed by atoms with Gasteiger partial charge in [0, 0.05) is 19.0 Å². The zero-order valence-corrected chi connectivity index (χ0v) is 21.8. The third-order valence-electron chi connectivity index (χ3n) is 7.99. The van der Waals surface area contributed by atoms with Gasteiger partial charge < -0.3 is 9.80 Å². The van der Waals surface area contributed by atoms with Gasteiger partial charge >= 0.3 is 0 Å². The molecule has 4 heteroatoms. The van der Waals surface area contributed by atoms with E-state index in [0.29, 0.717) is 11.8 Å². The first kappa shape index (κ1) is 26.2. The molecule has 0 aromatic heterocycles. The molecule has 2 saturated heterocycles. The first-order valence-corrected chi connectivity index (χ1v) is 13.1. The van der Waals surface area contributed by atoms with E-state index in [-0.39, 0.29) is 17.8 Å². The van der Waals surface area contributed by atoms with E-state index in [1.54, 1.807) is 0 Å². The fourth-order valence-electron chi connectivity index (χ4n) is 5.82. The Morgan fingerprint density at radius 1 is 0.750 bits per heavy atom. The summed E-state index contributed by atoms with van der Waals surface area (Å²) in [6, 6.07) is 32.1. The summed E-state index contributed by atoms with van der Waals surface area (Å²) >= 11 is 0. The largest absolute Gasteiger partial charge is 0.338 e. The average molecular weight is 501 g/mol. The van der Waals surface area contributed by atoms with Crippen LogP contribution in [0.2, 0.25) is 0 Å². The number of hydrogen-bond acceptors (Lipinski definition) is 2. The van der Waals surface area contributed by atoms with Crippen molar-refractivity contribution in [2.24, 2.45) is 5.41 Å². The molecule has 36 heavy (non-hydrogen) atoms. The Morgan fingerprint density at radius 3 is 1.86 bits per heavy atom. The minimum atomic E-state index is -0.130. The van der Waals surface area contributed by atoms with Crippen molar-refractivity contribution < 1.29 is 4.79 Å². The number of piperidine rings is 1. The highest BCUT2D eigenvalue weighted by molar-refractivity contribution is 5.85. The van der Waals surface area contributed by atoms with E-state index in [1.807, 2.05) is 18.2 Å². The van der Waals surface area contributed by atoms with Crippen LogP contribution in [0.25, 0.3) is 6.08 Å². The smallest absolute Gasteiger partial charge is 0.229 e. The molecule has 2 heterocycles. The van der Waals surface area contributed by atoms with Crippen LogP contribution in [0.1, 0.15) is 48.3 Å². The van der Waals surface area contributed by atoms with Crippen LogP contribution in [0.4, 0.5) is 0 Å². The molecule has 2 fully saturated rings. The fourth-order valence-corrected chi connectivity index (χ4v) is 5.82. The van der Waals surface area contributed by atoms with Gasteiger partial charge in [-0.1, -0.05) is 103 Å². The second kappa shape index (κ2) is 12.4. The number of carbonyl (C=O) groups is 1. The molecule has 2 aliphatic heterocycles. The Morgan fingerprint density at radius 2 is 1.28 bits per heavy atom. The summed E-state index contributed by atoms with van der Waals surface area (Å²) in [7, 11) is 0. The number of halogens is 1. The Hall–Kier alpha value is -2.88. The van der Waals surface area contributed by atoms with E-state index in [0.717, 1.165) is 58.4 Å². The number of rotatable bonds is 8. The highest BCUT2D eigenvalue weighted by Crippen LogP contribution is 2.41. The summed E-state index contributed by atoms with van der Waals surface area (Å²) in [5.74, 6) is 0.787. The van der Waals surface area contributed by atoms with Crippen molar-refractivity contribution in [2.45, 2.75) is 31.6 Å². The standard InChI is InChI=1S/C32H36N2O.ClH/c35-31-32(21-26-34(31)22-10-13-27-11-4-1-5-12-27)19-24-33(25-20-32)23-18-30(28-14-6-2-7-15-28)29-16-8-3-9-17-29;/h1-17,30H,18-26H2;1H/b13-10+;. The summed E-state index contributed by atoms with van der Waals surface area (Å²) in [5, 5.41) is 0. The van der Waals surface area contributed by atoms with Gasteiger partial charge in [-0.3, -0.25) is 4.79 Å². The molecule has 5 rings (SSSR count). The van der Waals surface area contributed by atoms with Crippen molar-refractivity contribution in [1.82, 2.24) is 9.80 Å². The van der Waals surface area contributed by atoms with Gasteiger partial charge in [0.2, 0.25) is 5.91 Å². The fraction of sp³-hybridized carbons (Fsp3) is 0.344. The quantitative estimate of drug-likeness (QED) is 0.345. The lowest BCUT2D eigenvalue weighted by Crippen LogP contribution is -2.45. The topological polar surface area (TPSA) is 23.6 Å². The van der Waals surface area contributed by atoms with Crippen LogP contribution >= 0.6 is 12.4 Å². The summed E-state index contributed by atoms with van der Waals surface area (Å²) in [4.78, 5) is 18.0. The van der Waals surface area contributed by atoms with Crippen molar-refractivity contribution in [3.05, 3.63) is 114 Å². The Kier molecular flexibility index (Phi) is 9.01. The van der Waals surface area contributed by atoms with Gasteiger partial charge in [-0.15, -0.1) is 12.4 Å². The first-order valence-electron chi connectivity index (χ1n) is 13.1. The molecule has 0 bridgehead atoms. The van der Waals surface area contributed by atoms with Crippen molar-refractivity contribution in [1.29, 1.82) is 0 Å². The molecule has 3 aromatic carbocycles. The zero-order valence-electron chi connectivity index (χ0n) is 21.0. The maximum Gasteiger partial charge on any atom is 0.229 e. The summed E-state index contributed by atoms with van der Waals surface area (Å²) < 4.78 is 0.